The lowest BCUT2D eigenvalue weighted by Gasteiger charge is -2.43. The number of ether oxygens (including phenoxy) is 4. The lowest BCUT2D eigenvalue weighted by Crippen LogP contribution is -2.57. The van der Waals surface area contributed by atoms with Crippen molar-refractivity contribution >= 4 is 33.8 Å². The van der Waals surface area contributed by atoms with Crippen LogP contribution in [0.4, 0.5) is 4.39 Å². The van der Waals surface area contributed by atoms with Crippen LogP contribution in [-0.4, -0.2) is 62.8 Å². The van der Waals surface area contributed by atoms with Gasteiger partial charge in [-0.3, -0.25) is 14.4 Å². The number of aromatic nitrogens is 3. The molecule has 0 unspecified atom stereocenters. The summed E-state index contributed by atoms with van der Waals surface area (Å²) in [4.78, 5) is 34.9. The molecule has 2 aromatic rings. The molecule has 0 spiro atoms. The van der Waals surface area contributed by atoms with E-state index in [2.05, 4.69) is 26.2 Å². The van der Waals surface area contributed by atoms with Crippen LogP contribution in [0.3, 0.4) is 0 Å². The minimum atomic E-state index is -1.05. The lowest BCUT2D eigenvalue weighted by atomic mass is 9.96. The topological polar surface area (TPSA) is 119 Å². The molecule has 1 aliphatic rings. The molecule has 1 aromatic heterocycles. The third kappa shape index (κ3) is 5.68. The number of esters is 3. The maximum absolute atomic E-state index is 13.6. The fourth-order valence-electron chi connectivity index (χ4n) is 3.37. The van der Waals surface area contributed by atoms with E-state index in [-0.39, 0.29) is 6.61 Å². The Labute approximate surface area is 191 Å². The van der Waals surface area contributed by atoms with E-state index in [0.717, 1.165) is 0 Å². The summed E-state index contributed by atoms with van der Waals surface area (Å²) in [5.74, 6) is -2.22. The van der Waals surface area contributed by atoms with Crippen LogP contribution in [0.1, 0.15) is 26.8 Å². The summed E-state index contributed by atoms with van der Waals surface area (Å²) in [5.41, 5.74) is 0.824. The van der Waals surface area contributed by atoms with Gasteiger partial charge in [-0.2, -0.15) is 0 Å². The number of alkyl halides is 1. The molecule has 2 heterocycles. The zero-order valence-electron chi connectivity index (χ0n) is 17.4. The van der Waals surface area contributed by atoms with Gasteiger partial charge in [0.25, 0.3) is 0 Å². The third-order valence-corrected chi connectivity index (χ3v) is 5.33. The van der Waals surface area contributed by atoms with Crippen molar-refractivity contribution in [3.05, 3.63) is 36.3 Å². The number of hydrogen-bond acceptors (Lipinski definition) is 9. The van der Waals surface area contributed by atoms with E-state index in [1.165, 1.54) is 49.8 Å². The summed E-state index contributed by atoms with van der Waals surface area (Å²) in [6.07, 6.45) is -1.41. The molecule has 0 N–H and O–H groups in total. The van der Waals surface area contributed by atoms with Gasteiger partial charge >= 0.3 is 17.9 Å². The van der Waals surface area contributed by atoms with Crippen LogP contribution in [0.15, 0.2) is 30.5 Å². The maximum Gasteiger partial charge on any atom is 0.303 e. The summed E-state index contributed by atoms with van der Waals surface area (Å²) in [6, 6.07) is 4.89. The molecule has 0 bridgehead atoms. The molecule has 12 heteroatoms. The van der Waals surface area contributed by atoms with Crippen molar-refractivity contribution in [2.45, 2.75) is 50.1 Å². The Morgan fingerprint density at radius 1 is 1.12 bits per heavy atom. The van der Waals surface area contributed by atoms with Gasteiger partial charge in [0, 0.05) is 26.3 Å². The highest BCUT2D eigenvalue weighted by molar-refractivity contribution is 9.09. The Morgan fingerprint density at radius 3 is 2.44 bits per heavy atom. The number of carbonyl (C=O) groups excluding carboxylic acids is 3. The predicted octanol–water partition coefficient (Wildman–Crippen LogP) is 2.17. The Bertz CT molecular complexity index is 1000. The minimum absolute atomic E-state index is 0.218. The van der Waals surface area contributed by atoms with E-state index >= 15 is 0 Å². The molecule has 1 saturated heterocycles. The van der Waals surface area contributed by atoms with Gasteiger partial charge in [0.2, 0.25) is 0 Å². The van der Waals surface area contributed by atoms with Gasteiger partial charge in [-0.1, -0.05) is 33.3 Å². The quantitative estimate of drug-likeness (QED) is 0.325. The SMILES string of the molecule is CC(=O)OC[C@H]1O[C@H](Br)[C@H](OC(C)=O)[C@@H](n2cc(-c3cccc(F)c3)nn2)[C@H]1OC(C)=O. The molecule has 1 aromatic carbocycles. The van der Waals surface area contributed by atoms with Gasteiger partial charge in [-0.25, -0.2) is 9.07 Å². The predicted molar refractivity (Wildman–Crippen MR) is 110 cm³/mol. The van der Waals surface area contributed by atoms with Crippen LogP contribution < -0.4 is 0 Å². The summed E-state index contributed by atoms with van der Waals surface area (Å²) in [7, 11) is 0. The van der Waals surface area contributed by atoms with E-state index in [1.807, 2.05) is 0 Å². The smallest absolute Gasteiger partial charge is 0.303 e. The summed E-state index contributed by atoms with van der Waals surface area (Å²) >= 11 is 3.33. The molecule has 32 heavy (non-hydrogen) atoms. The van der Waals surface area contributed by atoms with Crippen molar-refractivity contribution in [3.63, 3.8) is 0 Å². The van der Waals surface area contributed by atoms with Gasteiger partial charge in [0.1, 0.15) is 30.3 Å². The van der Waals surface area contributed by atoms with Gasteiger partial charge in [0.05, 0.1) is 6.20 Å². The Morgan fingerprint density at radius 2 is 1.81 bits per heavy atom. The Hall–Kier alpha value is -2.86. The molecule has 0 amide bonds. The fourth-order valence-corrected chi connectivity index (χ4v) is 4.07. The summed E-state index contributed by atoms with van der Waals surface area (Å²) in [6.45, 7) is 3.45. The molecule has 0 radical (unpaired) electrons. The zero-order chi connectivity index (χ0) is 23.4. The highest BCUT2D eigenvalue weighted by Crippen LogP contribution is 2.37. The molecule has 1 aliphatic heterocycles. The second-order valence-corrected chi connectivity index (χ2v) is 7.96. The summed E-state index contributed by atoms with van der Waals surface area (Å²) in [5, 5.41) is 7.34. The zero-order valence-corrected chi connectivity index (χ0v) is 19.0. The molecule has 172 valence electrons. The minimum Gasteiger partial charge on any atom is -0.463 e. The van der Waals surface area contributed by atoms with Crippen LogP contribution in [-0.2, 0) is 33.3 Å². The van der Waals surface area contributed by atoms with Crippen molar-refractivity contribution in [2.24, 2.45) is 0 Å². The maximum atomic E-state index is 13.6. The number of nitrogens with zero attached hydrogens (tertiary/aromatic N) is 3. The molecule has 0 aliphatic carbocycles. The number of halogens is 2. The normalized spacial score (nSPS) is 25.1. The molecule has 1 fully saturated rings. The average Bonchev–Trinajstić information content (AvgIpc) is 3.18. The standard InChI is InChI=1S/C20H21BrFN3O7/c1-10(26)29-9-16-18(30-11(2)27)17(19(20(21)32-16)31-12(3)28)25-8-15(23-24-25)13-5-4-6-14(22)7-13/h4-8,16-20H,9H2,1-3H3/t16-,17+,18+,19-,20+/m1/s1. The lowest BCUT2D eigenvalue weighted by molar-refractivity contribution is -0.211. The first-order valence-corrected chi connectivity index (χ1v) is 10.5. The first kappa shape index (κ1) is 23.8. The van der Waals surface area contributed by atoms with Crippen molar-refractivity contribution in [3.8, 4) is 11.3 Å². The van der Waals surface area contributed by atoms with E-state index in [9.17, 15) is 18.8 Å². The van der Waals surface area contributed by atoms with E-state index in [4.69, 9.17) is 18.9 Å². The van der Waals surface area contributed by atoms with Crippen molar-refractivity contribution < 1.29 is 37.7 Å². The second kappa shape index (κ2) is 10.2. The number of carbonyl (C=O) groups is 3. The highest BCUT2D eigenvalue weighted by Gasteiger charge is 2.51. The third-order valence-electron chi connectivity index (χ3n) is 4.59. The highest BCUT2D eigenvalue weighted by atomic mass is 79.9. The van der Waals surface area contributed by atoms with Crippen molar-refractivity contribution in [2.75, 3.05) is 6.61 Å². The fraction of sp³-hybridized carbons (Fsp3) is 0.450. The average molecular weight is 514 g/mol. The second-order valence-electron chi connectivity index (χ2n) is 7.06. The van der Waals surface area contributed by atoms with E-state index in [1.54, 1.807) is 6.07 Å². The largest absolute Gasteiger partial charge is 0.463 e. The molecule has 0 saturated carbocycles. The first-order chi connectivity index (χ1) is 15.2. The monoisotopic (exact) mass is 513 g/mol. The Balaban J connectivity index is 2.02. The van der Waals surface area contributed by atoms with Gasteiger partial charge in [-0.05, 0) is 12.1 Å². The molecule has 5 atom stereocenters. The van der Waals surface area contributed by atoms with Crippen LogP contribution in [0.2, 0.25) is 0 Å². The van der Waals surface area contributed by atoms with Crippen LogP contribution >= 0.6 is 15.9 Å². The molecule has 3 rings (SSSR count). The summed E-state index contributed by atoms with van der Waals surface area (Å²) < 4.78 is 36.8. The molecular formula is C20H21BrFN3O7. The number of hydrogen-bond donors (Lipinski definition) is 0. The Kier molecular flexibility index (Phi) is 7.56. The number of rotatable bonds is 6. The van der Waals surface area contributed by atoms with E-state index in [0.29, 0.717) is 11.3 Å². The molecular weight excluding hydrogens is 493 g/mol. The van der Waals surface area contributed by atoms with Crippen molar-refractivity contribution in [1.29, 1.82) is 0 Å². The van der Waals surface area contributed by atoms with Crippen LogP contribution in [0, 0.1) is 5.82 Å². The van der Waals surface area contributed by atoms with Crippen LogP contribution in [0.5, 0.6) is 0 Å². The van der Waals surface area contributed by atoms with Gasteiger partial charge < -0.3 is 18.9 Å². The van der Waals surface area contributed by atoms with Crippen molar-refractivity contribution in [1.82, 2.24) is 15.0 Å². The molecule has 10 nitrogen and oxygen atoms in total. The van der Waals surface area contributed by atoms with E-state index < -0.39 is 53.1 Å². The van der Waals surface area contributed by atoms with Gasteiger partial charge in [0.15, 0.2) is 17.2 Å². The first-order valence-electron chi connectivity index (χ1n) is 9.61. The number of benzene rings is 1. The van der Waals surface area contributed by atoms with Gasteiger partial charge in [-0.15, -0.1) is 5.10 Å². The van der Waals surface area contributed by atoms with Crippen LogP contribution in [0.25, 0.3) is 11.3 Å².